The van der Waals surface area contributed by atoms with Crippen molar-refractivity contribution in [3.8, 4) is 0 Å². The summed E-state index contributed by atoms with van der Waals surface area (Å²) in [6.07, 6.45) is 0.722. The molecule has 58 valence electrons. The molecule has 0 spiro atoms. The first-order chi connectivity index (χ1) is 4.54. The smallest absolute Gasteiger partial charge is 0.547 e. The van der Waals surface area contributed by atoms with Gasteiger partial charge in [0.2, 0.25) is 0 Å². The molecule has 0 atom stereocenters. The molecule has 0 bridgehead atoms. The number of aliphatic carboxylic acids is 2. The molecule has 6 heteroatoms. The van der Waals surface area contributed by atoms with Gasteiger partial charge in [-0.2, -0.15) is 0 Å². The second kappa shape index (κ2) is 12.1. The van der Waals surface area contributed by atoms with Gasteiger partial charge in [0.15, 0.2) is 0 Å². The van der Waals surface area contributed by atoms with Crippen molar-refractivity contribution < 1.29 is 24.2 Å². The molecule has 0 heterocycles. The van der Waals surface area contributed by atoms with E-state index in [0.29, 0.717) is 0 Å². The third-order valence-corrected chi connectivity index (χ3v) is 0.276. The Labute approximate surface area is 78.9 Å². The number of carbonyl (C=O) groups excluding carboxylic acids is 2. The fourth-order valence-corrected chi connectivity index (χ4v) is 0. The SMILES string of the molecule is C=CC(=O)[O-].O=C([O-])CF.[Mg+2]. The molecule has 0 N–H and O–H groups in total. The van der Waals surface area contributed by atoms with E-state index in [0.717, 1.165) is 6.08 Å². The molecular weight excluding hydrogens is 167 g/mol. The van der Waals surface area contributed by atoms with Crippen LogP contribution in [-0.4, -0.2) is 41.7 Å². The predicted molar refractivity (Wildman–Crippen MR) is 31.9 cm³/mol. The third kappa shape index (κ3) is 44.8. The Kier molecular flexibility index (Phi) is 18.4. The fourth-order valence-electron chi connectivity index (χ4n) is 0. The first-order valence-corrected chi connectivity index (χ1v) is 2.13. The summed E-state index contributed by atoms with van der Waals surface area (Å²) in [5.41, 5.74) is 0. The Morgan fingerprint density at radius 1 is 1.45 bits per heavy atom. The summed E-state index contributed by atoms with van der Waals surface area (Å²) in [4.78, 5) is 18.0. The number of carboxylic acids is 2. The molecule has 0 saturated carbocycles. The second-order valence-electron chi connectivity index (χ2n) is 1.03. The van der Waals surface area contributed by atoms with Crippen LogP contribution in [0.3, 0.4) is 0 Å². The van der Waals surface area contributed by atoms with Crippen LogP contribution in [0, 0.1) is 0 Å². The average Bonchev–Trinajstić information content (AvgIpc) is 1.89. The van der Waals surface area contributed by atoms with Gasteiger partial charge < -0.3 is 19.8 Å². The minimum absolute atomic E-state index is 0. The summed E-state index contributed by atoms with van der Waals surface area (Å²) in [7, 11) is 0. The van der Waals surface area contributed by atoms with Crippen LogP contribution in [0.15, 0.2) is 12.7 Å². The number of hydrogen-bond acceptors (Lipinski definition) is 4. The summed E-state index contributed by atoms with van der Waals surface area (Å²) >= 11 is 0. The van der Waals surface area contributed by atoms with E-state index in [1.807, 2.05) is 0 Å². The molecule has 0 aromatic heterocycles. The van der Waals surface area contributed by atoms with Gasteiger partial charge in [-0.25, -0.2) is 4.39 Å². The van der Waals surface area contributed by atoms with Crippen LogP contribution in [0.1, 0.15) is 0 Å². The Morgan fingerprint density at radius 2 is 1.64 bits per heavy atom. The van der Waals surface area contributed by atoms with Gasteiger partial charge in [-0.15, -0.1) is 0 Å². The zero-order valence-corrected chi connectivity index (χ0v) is 7.12. The summed E-state index contributed by atoms with van der Waals surface area (Å²) in [6.45, 7) is 1.51. The molecule has 0 amide bonds. The summed E-state index contributed by atoms with van der Waals surface area (Å²) < 4.78 is 10.5. The number of hydrogen-bond donors (Lipinski definition) is 0. The largest absolute Gasteiger partial charge is 2.00 e. The van der Waals surface area contributed by atoms with Gasteiger partial charge in [-0.1, -0.05) is 6.58 Å². The van der Waals surface area contributed by atoms with Crippen molar-refractivity contribution in [2.75, 3.05) is 6.67 Å². The van der Waals surface area contributed by atoms with Gasteiger partial charge in [0.05, 0.1) is 11.9 Å². The van der Waals surface area contributed by atoms with Crippen molar-refractivity contribution in [3.05, 3.63) is 12.7 Å². The van der Waals surface area contributed by atoms with E-state index < -0.39 is 18.6 Å². The zero-order chi connectivity index (χ0) is 8.57. The van der Waals surface area contributed by atoms with Crippen LogP contribution in [0.25, 0.3) is 0 Å². The van der Waals surface area contributed by atoms with Crippen molar-refractivity contribution >= 4 is 35.0 Å². The number of halogens is 1. The zero-order valence-electron chi connectivity index (χ0n) is 5.71. The third-order valence-electron chi connectivity index (χ3n) is 0.276. The first-order valence-electron chi connectivity index (χ1n) is 2.13. The molecule has 0 unspecified atom stereocenters. The number of carboxylic acid groups (broad SMARTS) is 2. The molecule has 0 aromatic rings. The Bertz CT molecular complexity index is 136. The number of carbonyl (C=O) groups is 2. The number of rotatable bonds is 2. The summed E-state index contributed by atoms with van der Waals surface area (Å²) in [6, 6.07) is 0. The van der Waals surface area contributed by atoms with E-state index in [4.69, 9.17) is 19.8 Å². The van der Waals surface area contributed by atoms with Gasteiger partial charge in [0.1, 0.15) is 6.67 Å². The molecule has 0 aromatic carbocycles. The van der Waals surface area contributed by atoms with Crippen molar-refractivity contribution in [2.45, 2.75) is 0 Å². The van der Waals surface area contributed by atoms with Crippen LogP contribution in [0.5, 0.6) is 0 Å². The van der Waals surface area contributed by atoms with Crippen molar-refractivity contribution in [2.24, 2.45) is 0 Å². The summed E-state index contributed by atoms with van der Waals surface area (Å²) in [5.74, 6) is -2.89. The van der Waals surface area contributed by atoms with Gasteiger partial charge in [-0.05, 0) is 6.08 Å². The number of alkyl halides is 1. The van der Waals surface area contributed by atoms with E-state index in [2.05, 4.69) is 6.58 Å². The quantitative estimate of drug-likeness (QED) is 0.334. The summed E-state index contributed by atoms with van der Waals surface area (Å²) in [5, 5.41) is 18.0. The van der Waals surface area contributed by atoms with E-state index >= 15 is 0 Å². The van der Waals surface area contributed by atoms with E-state index in [1.165, 1.54) is 0 Å². The molecule has 0 aliphatic rings. The standard InChI is InChI=1S/C3H4O2.C2H3FO2.Mg/c1-2-3(4)5;3-1-2(4)5;/h2H,1H2,(H,4,5);1H2,(H,4,5);/q;;+2/p-2. The fraction of sp³-hybridized carbons (Fsp3) is 0.200. The van der Waals surface area contributed by atoms with Gasteiger partial charge >= 0.3 is 23.1 Å². The van der Waals surface area contributed by atoms with Crippen LogP contribution >= 0.6 is 0 Å². The minimum Gasteiger partial charge on any atom is -0.547 e. The molecule has 4 nitrogen and oxygen atoms in total. The molecule has 0 radical (unpaired) electrons. The maximum absolute atomic E-state index is 10.5. The molecule has 0 fully saturated rings. The van der Waals surface area contributed by atoms with E-state index in [-0.39, 0.29) is 23.1 Å². The minimum atomic E-state index is -1.66. The van der Waals surface area contributed by atoms with Crippen molar-refractivity contribution in [1.82, 2.24) is 0 Å². The van der Waals surface area contributed by atoms with E-state index in [1.54, 1.807) is 0 Å². The van der Waals surface area contributed by atoms with Crippen LogP contribution in [0.2, 0.25) is 0 Å². The second-order valence-corrected chi connectivity index (χ2v) is 1.03. The maximum Gasteiger partial charge on any atom is 2.00 e. The molecular formula is C5H5FMgO4. The van der Waals surface area contributed by atoms with Gasteiger partial charge in [0.25, 0.3) is 0 Å². The Hall–Kier alpha value is -0.624. The Balaban J connectivity index is -0.000000107. The molecule has 0 rings (SSSR count). The topological polar surface area (TPSA) is 80.3 Å². The first kappa shape index (κ1) is 16.8. The normalized spacial score (nSPS) is 6.27. The molecule has 0 saturated heterocycles. The average molecular weight is 172 g/mol. The van der Waals surface area contributed by atoms with Crippen LogP contribution in [-0.2, 0) is 9.59 Å². The molecule has 0 aliphatic heterocycles. The van der Waals surface area contributed by atoms with E-state index in [9.17, 15) is 4.39 Å². The van der Waals surface area contributed by atoms with Gasteiger partial charge in [-0.3, -0.25) is 0 Å². The predicted octanol–water partition coefficient (Wildman–Crippen LogP) is -2.75. The van der Waals surface area contributed by atoms with Crippen LogP contribution in [0.4, 0.5) is 4.39 Å². The van der Waals surface area contributed by atoms with Crippen molar-refractivity contribution in [1.29, 1.82) is 0 Å². The Morgan fingerprint density at radius 3 is 1.64 bits per heavy atom. The van der Waals surface area contributed by atoms with Crippen LogP contribution < -0.4 is 10.2 Å². The molecule has 11 heavy (non-hydrogen) atoms. The molecule has 0 aliphatic carbocycles. The van der Waals surface area contributed by atoms with Crippen molar-refractivity contribution in [3.63, 3.8) is 0 Å². The maximum atomic E-state index is 10.5. The monoisotopic (exact) mass is 172 g/mol. The van der Waals surface area contributed by atoms with Gasteiger partial charge in [0, 0.05) is 0 Å².